The molecule has 1 aromatic carbocycles. The fraction of sp³-hybridized carbons (Fsp3) is 0.278. The SMILES string of the molecule is Cn1[nH]c(C(=O)NCc2nccn2CCCc2ccccc2)cc1=O. The highest BCUT2D eigenvalue weighted by molar-refractivity contribution is 5.91. The van der Waals surface area contributed by atoms with E-state index in [1.807, 2.05) is 29.0 Å². The van der Waals surface area contributed by atoms with E-state index >= 15 is 0 Å². The van der Waals surface area contributed by atoms with Crippen molar-refractivity contribution in [3.63, 3.8) is 0 Å². The fourth-order valence-electron chi connectivity index (χ4n) is 2.67. The van der Waals surface area contributed by atoms with Crippen LogP contribution in [0.4, 0.5) is 0 Å². The lowest BCUT2D eigenvalue weighted by Gasteiger charge is -2.09. The van der Waals surface area contributed by atoms with Crippen LogP contribution in [0.25, 0.3) is 0 Å². The summed E-state index contributed by atoms with van der Waals surface area (Å²) in [5.41, 5.74) is 1.31. The molecule has 0 aliphatic heterocycles. The summed E-state index contributed by atoms with van der Waals surface area (Å²) in [6.07, 6.45) is 5.63. The normalized spacial score (nSPS) is 10.8. The van der Waals surface area contributed by atoms with Gasteiger partial charge in [-0.3, -0.25) is 19.4 Å². The second-order valence-electron chi connectivity index (χ2n) is 5.88. The molecule has 7 nitrogen and oxygen atoms in total. The van der Waals surface area contributed by atoms with Gasteiger partial charge in [-0.25, -0.2) is 4.98 Å². The van der Waals surface area contributed by atoms with Crippen molar-refractivity contribution in [3.8, 4) is 0 Å². The minimum absolute atomic E-state index is 0.243. The van der Waals surface area contributed by atoms with Gasteiger partial charge in [-0.15, -0.1) is 0 Å². The molecule has 0 unspecified atom stereocenters. The Morgan fingerprint density at radius 3 is 2.80 bits per heavy atom. The zero-order chi connectivity index (χ0) is 17.6. The summed E-state index contributed by atoms with van der Waals surface area (Å²) in [5, 5.41) is 5.49. The Morgan fingerprint density at radius 1 is 1.28 bits per heavy atom. The minimum atomic E-state index is -0.323. The highest BCUT2D eigenvalue weighted by Gasteiger charge is 2.11. The van der Waals surface area contributed by atoms with Crippen molar-refractivity contribution < 1.29 is 4.79 Å². The molecule has 3 rings (SSSR count). The summed E-state index contributed by atoms with van der Waals surface area (Å²) in [5.74, 6) is 0.469. The summed E-state index contributed by atoms with van der Waals surface area (Å²) < 4.78 is 3.30. The van der Waals surface area contributed by atoms with Crippen LogP contribution < -0.4 is 10.9 Å². The van der Waals surface area contributed by atoms with E-state index in [2.05, 4.69) is 27.5 Å². The van der Waals surface area contributed by atoms with E-state index in [1.54, 1.807) is 13.2 Å². The van der Waals surface area contributed by atoms with Crippen LogP contribution in [0.2, 0.25) is 0 Å². The van der Waals surface area contributed by atoms with Crippen molar-refractivity contribution in [1.29, 1.82) is 0 Å². The van der Waals surface area contributed by atoms with E-state index in [4.69, 9.17) is 0 Å². The molecule has 0 atom stereocenters. The van der Waals surface area contributed by atoms with Gasteiger partial charge in [0.15, 0.2) is 0 Å². The lowest BCUT2D eigenvalue weighted by Crippen LogP contribution is -2.25. The van der Waals surface area contributed by atoms with Gasteiger partial charge in [0.1, 0.15) is 11.5 Å². The van der Waals surface area contributed by atoms with Crippen molar-refractivity contribution in [1.82, 2.24) is 24.6 Å². The molecule has 0 saturated carbocycles. The van der Waals surface area contributed by atoms with Crippen LogP contribution in [0.1, 0.15) is 28.3 Å². The van der Waals surface area contributed by atoms with Gasteiger partial charge in [-0.05, 0) is 18.4 Å². The molecule has 0 bridgehead atoms. The number of imidazole rings is 1. The smallest absolute Gasteiger partial charge is 0.269 e. The van der Waals surface area contributed by atoms with Crippen LogP contribution in [0.5, 0.6) is 0 Å². The largest absolute Gasteiger partial charge is 0.343 e. The first kappa shape index (κ1) is 16.8. The van der Waals surface area contributed by atoms with Gasteiger partial charge >= 0.3 is 0 Å². The number of carbonyl (C=O) groups is 1. The molecule has 0 aliphatic rings. The van der Waals surface area contributed by atoms with Crippen LogP contribution in [0.3, 0.4) is 0 Å². The average molecular weight is 339 g/mol. The van der Waals surface area contributed by atoms with E-state index in [0.717, 1.165) is 25.2 Å². The van der Waals surface area contributed by atoms with Gasteiger partial charge in [0.25, 0.3) is 11.5 Å². The summed E-state index contributed by atoms with van der Waals surface area (Å²) in [6.45, 7) is 1.15. The average Bonchev–Trinajstić information content (AvgIpc) is 3.20. The standard InChI is InChI=1S/C18H21N5O2/c1-22-17(24)12-15(21-22)18(25)20-13-16-19-9-11-23(16)10-5-8-14-6-3-2-4-7-14/h2-4,6-7,9,11-12,21H,5,8,10,13H2,1H3,(H,20,25). The first-order valence-corrected chi connectivity index (χ1v) is 8.21. The van der Waals surface area contributed by atoms with Gasteiger partial charge < -0.3 is 9.88 Å². The van der Waals surface area contributed by atoms with Crippen LogP contribution >= 0.6 is 0 Å². The summed E-state index contributed by atoms with van der Waals surface area (Å²) >= 11 is 0. The molecule has 0 saturated heterocycles. The third kappa shape index (κ3) is 4.26. The van der Waals surface area contributed by atoms with Crippen molar-refractivity contribution in [3.05, 3.63) is 76.2 Å². The predicted octanol–water partition coefficient (Wildman–Crippen LogP) is 1.47. The Kier molecular flexibility index (Phi) is 5.13. The molecule has 2 heterocycles. The Hall–Kier alpha value is -3.09. The van der Waals surface area contributed by atoms with Gasteiger partial charge in [0.2, 0.25) is 0 Å². The molecule has 0 spiro atoms. The van der Waals surface area contributed by atoms with Gasteiger partial charge in [0, 0.05) is 32.1 Å². The highest BCUT2D eigenvalue weighted by atomic mass is 16.2. The number of rotatable bonds is 7. The van der Waals surface area contributed by atoms with Gasteiger partial charge in [-0.1, -0.05) is 30.3 Å². The number of nitrogens with zero attached hydrogens (tertiary/aromatic N) is 3. The lowest BCUT2D eigenvalue weighted by molar-refractivity contribution is 0.0943. The Morgan fingerprint density at radius 2 is 2.08 bits per heavy atom. The number of hydrogen-bond acceptors (Lipinski definition) is 3. The number of carbonyl (C=O) groups excluding carboxylic acids is 1. The van der Waals surface area contributed by atoms with Crippen molar-refractivity contribution in [2.75, 3.05) is 0 Å². The van der Waals surface area contributed by atoms with Crippen molar-refractivity contribution in [2.45, 2.75) is 25.9 Å². The molecule has 2 aromatic heterocycles. The monoisotopic (exact) mass is 339 g/mol. The van der Waals surface area contributed by atoms with E-state index in [1.165, 1.54) is 16.3 Å². The number of aromatic amines is 1. The first-order chi connectivity index (χ1) is 12.1. The molecule has 1 amide bonds. The maximum absolute atomic E-state index is 12.1. The van der Waals surface area contributed by atoms with Crippen molar-refractivity contribution in [2.24, 2.45) is 7.05 Å². The molecule has 0 fully saturated rings. The molecule has 0 aliphatic carbocycles. The second kappa shape index (κ2) is 7.65. The molecule has 7 heteroatoms. The number of hydrogen-bond donors (Lipinski definition) is 2. The van der Waals surface area contributed by atoms with E-state index in [0.29, 0.717) is 6.54 Å². The van der Waals surface area contributed by atoms with E-state index < -0.39 is 0 Å². The number of aryl methyl sites for hydroxylation is 3. The van der Waals surface area contributed by atoms with Gasteiger partial charge in [0.05, 0.1) is 6.54 Å². The molecule has 3 aromatic rings. The van der Waals surface area contributed by atoms with E-state index in [9.17, 15) is 9.59 Å². The third-order valence-corrected chi connectivity index (χ3v) is 4.05. The number of nitrogens with one attached hydrogen (secondary N) is 2. The zero-order valence-electron chi connectivity index (χ0n) is 14.1. The van der Waals surface area contributed by atoms with E-state index in [-0.39, 0.29) is 17.2 Å². The molecule has 0 radical (unpaired) electrons. The molecule has 25 heavy (non-hydrogen) atoms. The summed E-state index contributed by atoms with van der Waals surface area (Å²) in [4.78, 5) is 27.8. The fourth-order valence-corrected chi connectivity index (χ4v) is 2.67. The number of amides is 1. The quantitative estimate of drug-likeness (QED) is 0.684. The number of benzene rings is 1. The van der Waals surface area contributed by atoms with Crippen LogP contribution in [-0.4, -0.2) is 25.2 Å². The summed E-state index contributed by atoms with van der Waals surface area (Å²) in [7, 11) is 1.57. The number of H-pyrrole nitrogens is 1. The predicted molar refractivity (Wildman–Crippen MR) is 94.2 cm³/mol. The maximum Gasteiger partial charge on any atom is 0.269 e. The topological polar surface area (TPSA) is 84.7 Å². The Bertz CT molecular complexity index is 892. The van der Waals surface area contributed by atoms with Crippen LogP contribution in [0.15, 0.2) is 53.6 Å². The first-order valence-electron chi connectivity index (χ1n) is 8.21. The molecule has 130 valence electrons. The van der Waals surface area contributed by atoms with Crippen molar-refractivity contribution >= 4 is 5.91 Å². The molecule has 2 N–H and O–H groups in total. The van der Waals surface area contributed by atoms with Crippen LogP contribution in [0, 0.1) is 0 Å². The van der Waals surface area contributed by atoms with Gasteiger partial charge in [-0.2, -0.15) is 0 Å². The lowest BCUT2D eigenvalue weighted by atomic mass is 10.1. The third-order valence-electron chi connectivity index (χ3n) is 4.05. The highest BCUT2D eigenvalue weighted by Crippen LogP contribution is 2.06. The molecular formula is C18H21N5O2. The zero-order valence-corrected chi connectivity index (χ0v) is 14.1. The Balaban J connectivity index is 1.53. The second-order valence-corrected chi connectivity index (χ2v) is 5.88. The Labute approximate surface area is 145 Å². The minimum Gasteiger partial charge on any atom is -0.343 e. The maximum atomic E-state index is 12.1. The summed E-state index contributed by atoms with van der Waals surface area (Å²) in [6, 6.07) is 11.6. The molecular weight excluding hydrogens is 318 g/mol. The van der Waals surface area contributed by atoms with Crippen LogP contribution in [-0.2, 0) is 26.6 Å². The number of aromatic nitrogens is 4.